The Hall–Kier alpha value is -0.880. The van der Waals surface area contributed by atoms with E-state index in [-0.39, 0.29) is 12.4 Å². The average Bonchev–Trinajstić information content (AvgIpc) is 2.87. The van der Waals surface area contributed by atoms with E-state index in [1.165, 1.54) is 0 Å². The van der Waals surface area contributed by atoms with Gasteiger partial charge in [-0.05, 0) is 19.1 Å². The summed E-state index contributed by atoms with van der Waals surface area (Å²) in [5.74, 6) is 1.04. The van der Waals surface area contributed by atoms with Crippen LogP contribution in [0.25, 0.3) is 11.3 Å². The molecule has 1 aliphatic rings. The molecule has 0 amide bonds. The fraction of sp³-hybridized carbons (Fsp3) is 0.400. The molecule has 6 heteroatoms. The average molecular weight is 372 g/mol. The summed E-state index contributed by atoms with van der Waals surface area (Å²) in [5, 5.41) is 3.46. The number of aromatic amines is 1. The van der Waals surface area contributed by atoms with Crippen molar-refractivity contribution in [1.82, 2.24) is 20.2 Å². The lowest BCUT2D eigenvalue weighted by molar-refractivity contribution is 0.196. The molecule has 2 heterocycles. The molecule has 2 N–H and O–H groups in total. The van der Waals surface area contributed by atoms with Gasteiger partial charge in [-0.15, -0.1) is 12.4 Å². The van der Waals surface area contributed by atoms with Gasteiger partial charge < -0.3 is 10.3 Å². The number of nitrogens with one attached hydrogen (secondary N) is 2. The van der Waals surface area contributed by atoms with Gasteiger partial charge in [-0.25, -0.2) is 4.98 Å². The van der Waals surface area contributed by atoms with Crippen LogP contribution >= 0.6 is 28.3 Å². The summed E-state index contributed by atoms with van der Waals surface area (Å²) in [6, 6.07) is 8.82. The molecular formula is C15H20BrClN4. The molecule has 3 rings (SSSR count). The molecular weight excluding hydrogens is 352 g/mol. The Balaban J connectivity index is 0.00000161. The maximum Gasteiger partial charge on any atom is 0.120 e. The van der Waals surface area contributed by atoms with E-state index in [0.717, 1.165) is 47.7 Å². The van der Waals surface area contributed by atoms with Crippen LogP contribution in [-0.4, -0.2) is 40.5 Å². The molecule has 1 atom stereocenters. The minimum Gasteiger partial charge on any atom is -0.341 e. The highest BCUT2D eigenvalue weighted by Crippen LogP contribution is 2.21. The number of piperazine rings is 1. The van der Waals surface area contributed by atoms with Crippen molar-refractivity contribution in [2.45, 2.75) is 19.5 Å². The number of H-pyrrole nitrogens is 1. The fourth-order valence-corrected chi connectivity index (χ4v) is 3.01. The Labute approximate surface area is 139 Å². The Morgan fingerprint density at radius 2 is 2.29 bits per heavy atom. The number of halogens is 2. The molecule has 0 bridgehead atoms. The number of aromatic nitrogens is 2. The zero-order chi connectivity index (χ0) is 13.9. The van der Waals surface area contributed by atoms with Crippen LogP contribution in [-0.2, 0) is 6.54 Å². The van der Waals surface area contributed by atoms with Gasteiger partial charge in [0, 0.05) is 35.7 Å². The zero-order valence-electron chi connectivity index (χ0n) is 12.0. The fourth-order valence-electron chi connectivity index (χ4n) is 2.61. The van der Waals surface area contributed by atoms with Crippen molar-refractivity contribution in [2.75, 3.05) is 19.6 Å². The van der Waals surface area contributed by atoms with E-state index in [1.54, 1.807) is 0 Å². The van der Waals surface area contributed by atoms with Crippen molar-refractivity contribution in [3.63, 3.8) is 0 Å². The SMILES string of the molecule is C[C@H]1CN(Cc2ncc(-c3cccc(Br)c3)[nH]2)CCN1.Cl. The lowest BCUT2D eigenvalue weighted by Gasteiger charge is -2.31. The predicted molar refractivity (Wildman–Crippen MR) is 91.7 cm³/mol. The molecule has 0 unspecified atom stereocenters. The molecule has 0 aliphatic carbocycles. The first-order valence-electron chi connectivity index (χ1n) is 6.96. The molecule has 0 radical (unpaired) electrons. The topological polar surface area (TPSA) is 44.0 Å². The third kappa shape index (κ3) is 4.30. The highest BCUT2D eigenvalue weighted by atomic mass is 79.9. The standard InChI is InChI=1S/C15H19BrN4.ClH/c1-11-9-20(6-5-17-11)10-15-18-8-14(19-15)12-3-2-4-13(16)7-12;/h2-4,7-8,11,17H,5-6,9-10H2,1H3,(H,18,19);1H/t11-;/m0./s1. The van der Waals surface area contributed by atoms with Crippen LogP contribution in [0.2, 0.25) is 0 Å². The largest absolute Gasteiger partial charge is 0.341 e. The Kier molecular flexibility index (Phi) is 5.81. The van der Waals surface area contributed by atoms with Gasteiger partial charge in [-0.1, -0.05) is 28.1 Å². The summed E-state index contributed by atoms with van der Waals surface area (Å²) in [6.07, 6.45) is 1.92. The maximum absolute atomic E-state index is 4.51. The molecule has 1 saturated heterocycles. The lowest BCUT2D eigenvalue weighted by Crippen LogP contribution is -2.48. The minimum absolute atomic E-state index is 0. The van der Waals surface area contributed by atoms with Crippen LogP contribution in [0.5, 0.6) is 0 Å². The van der Waals surface area contributed by atoms with E-state index in [2.05, 4.69) is 55.2 Å². The summed E-state index contributed by atoms with van der Waals surface area (Å²) < 4.78 is 1.09. The molecule has 0 spiro atoms. The van der Waals surface area contributed by atoms with E-state index < -0.39 is 0 Å². The Morgan fingerprint density at radius 3 is 3.05 bits per heavy atom. The van der Waals surface area contributed by atoms with Crippen LogP contribution < -0.4 is 5.32 Å². The Bertz CT molecular complexity index is 587. The van der Waals surface area contributed by atoms with Gasteiger partial charge in [0.25, 0.3) is 0 Å². The molecule has 4 nitrogen and oxygen atoms in total. The van der Waals surface area contributed by atoms with Crippen LogP contribution in [0, 0.1) is 0 Å². The lowest BCUT2D eigenvalue weighted by atomic mass is 10.2. The highest BCUT2D eigenvalue weighted by Gasteiger charge is 2.16. The van der Waals surface area contributed by atoms with Crippen molar-refractivity contribution < 1.29 is 0 Å². The van der Waals surface area contributed by atoms with Gasteiger partial charge in [0.15, 0.2) is 0 Å². The van der Waals surface area contributed by atoms with E-state index in [1.807, 2.05) is 18.3 Å². The van der Waals surface area contributed by atoms with E-state index in [0.29, 0.717) is 6.04 Å². The monoisotopic (exact) mass is 370 g/mol. The summed E-state index contributed by atoms with van der Waals surface area (Å²) in [7, 11) is 0. The zero-order valence-corrected chi connectivity index (χ0v) is 14.4. The summed E-state index contributed by atoms with van der Waals surface area (Å²) in [5.41, 5.74) is 2.23. The van der Waals surface area contributed by atoms with Gasteiger partial charge in [-0.3, -0.25) is 4.90 Å². The van der Waals surface area contributed by atoms with E-state index in [4.69, 9.17) is 0 Å². The first kappa shape index (κ1) is 16.5. The second-order valence-corrected chi connectivity index (χ2v) is 6.26. The second kappa shape index (κ2) is 7.40. The van der Waals surface area contributed by atoms with Crippen molar-refractivity contribution in [1.29, 1.82) is 0 Å². The van der Waals surface area contributed by atoms with Gasteiger partial charge in [0.2, 0.25) is 0 Å². The normalized spacial score (nSPS) is 19.2. The van der Waals surface area contributed by atoms with Crippen molar-refractivity contribution in [3.8, 4) is 11.3 Å². The van der Waals surface area contributed by atoms with Crippen molar-refractivity contribution in [2.24, 2.45) is 0 Å². The Morgan fingerprint density at radius 1 is 1.43 bits per heavy atom. The molecule has 1 aromatic carbocycles. The maximum atomic E-state index is 4.51. The second-order valence-electron chi connectivity index (χ2n) is 5.34. The molecule has 1 aliphatic heterocycles. The van der Waals surface area contributed by atoms with Crippen LogP contribution in [0.3, 0.4) is 0 Å². The van der Waals surface area contributed by atoms with Crippen LogP contribution in [0.1, 0.15) is 12.7 Å². The highest BCUT2D eigenvalue weighted by molar-refractivity contribution is 9.10. The quantitative estimate of drug-likeness (QED) is 0.871. The molecule has 114 valence electrons. The summed E-state index contributed by atoms with van der Waals surface area (Å²) >= 11 is 3.50. The third-order valence-electron chi connectivity index (χ3n) is 3.59. The summed E-state index contributed by atoms with van der Waals surface area (Å²) in [6.45, 7) is 6.33. The molecule has 0 saturated carbocycles. The number of imidazole rings is 1. The molecule has 1 fully saturated rings. The smallest absolute Gasteiger partial charge is 0.120 e. The number of hydrogen-bond acceptors (Lipinski definition) is 3. The van der Waals surface area contributed by atoms with E-state index >= 15 is 0 Å². The first-order chi connectivity index (χ1) is 9.70. The van der Waals surface area contributed by atoms with Crippen molar-refractivity contribution in [3.05, 3.63) is 40.8 Å². The van der Waals surface area contributed by atoms with Gasteiger partial charge in [0.05, 0.1) is 18.4 Å². The molecule has 2 aromatic rings. The van der Waals surface area contributed by atoms with Crippen LogP contribution in [0.4, 0.5) is 0 Å². The summed E-state index contributed by atoms with van der Waals surface area (Å²) in [4.78, 5) is 10.4. The van der Waals surface area contributed by atoms with Gasteiger partial charge in [-0.2, -0.15) is 0 Å². The van der Waals surface area contributed by atoms with E-state index in [9.17, 15) is 0 Å². The third-order valence-corrected chi connectivity index (χ3v) is 4.08. The van der Waals surface area contributed by atoms with Crippen LogP contribution in [0.15, 0.2) is 34.9 Å². The van der Waals surface area contributed by atoms with Gasteiger partial charge >= 0.3 is 0 Å². The number of nitrogens with zero attached hydrogens (tertiary/aromatic N) is 2. The number of hydrogen-bond donors (Lipinski definition) is 2. The minimum atomic E-state index is 0. The van der Waals surface area contributed by atoms with Gasteiger partial charge in [0.1, 0.15) is 5.82 Å². The molecule has 1 aromatic heterocycles. The molecule has 21 heavy (non-hydrogen) atoms. The first-order valence-corrected chi connectivity index (χ1v) is 7.75. The number of rotatable bonds is 3. The predicted octanol–water partition coefficient (Wildman–Crippen LogP) is 3.05. The number of benzene rings is 1. The van der Waals surface area contributed by atoms with Crippen molar-refractivity contribution >= 4 is 28.3 Å².